The van der Waals surface area contributed by atoms with Crippen LogP contribution in [0.1, 0.15) is 27.8 Å². The summed E-state index contributed by atoms with van der Waals surface area (Å²) < 4.78 is 29.5. The van der Waals surface area contributed by atoms with Gasteiger partial charge in [0.2, 0.25) is 11.4 Å². The number of benzene rings is 4. The fourth-order valence-electron chi connectivity index (χ4n) is 4.69. The predicted molar refractivity (Wildman–Crippen MR) is 166 cm³/mol. The normalized spacial score (nSPS) is 14.9. The van der Waals surface area contributed by atoms with Gasteiger partial charge in [0.25, 0.3) is 0 Å². The zero-order chi connectivity index (χ0) is 28.9. The molecular weight excluding hydrogens is 516 g/mol. The standard InChI is InChI=1S/C33H31N2.CH4O3S/c1-24-14-16-26(17-15-24)32(27-18-21-28(22-19-27)34(2)3)33-30-13-9-8-10-25(30)20-23-31(33)35(4)29-11-6-5-7-12-29;1-5(2,3)4/h5-23H,1-4H3;1H3,(H,2,3,4)/q+1;/p-1. The fraction of sp³-hybridized carbons (Fsp3) is 0.147. The summed E-state index contributed by atoms with van der Waals surface area (Å²) in [6.45, 7) is 2.14. The second-order valence-electron chi connectivity index (χ2n) is 9.96. The number of anilines is 1. The fourth-order valence-corrected chi connectivity index (χ4v) is 4.69. The maximum Gasteiger partial charge on any atom is 0.214 e. The number of allylic oxidation sites excluding steroid dienone is 2. The highest BCUT2D eigenvalue weighted by Gasteiger charge is 2.28. The van der Waals surface area contributed by atoms with Crippen LogP contribution in [0.4, 0.5) is 11.4 Å². The minimum absolute atomic E-state index is 0.604. The van der Waals surface area contributed by atoms with Crippen LogP contribution in [0.15, 0.2) is 109 Å². The number of hydrogen-bond acceptors (Lipinski definition) is 4. The van der Waals surface area contributed by atoms with Crippen LogP contribution in [-0.4, -0.2) is 50.7 Å². The molecule has 0 N–H and O–H groups in total. The topological polar surface area (TPSA) is 63.5 Å². The van der Waals surface area contributed by atoms with Crippen molar-refractivity contribution in [1.29, 1.82) is 0 Å². The van der Waals surface area contributed by atoms with Gasteiger partial charge in [-0.05, 0) is 47.4 Å². The summed E-state index contributed by atoms with van der Waals surface area (Å²) in [6, 6.07) is 37.1. The van der Waals surface area contributed by atoms with Crippen LogP contribution >= 0.6 is 0 Å². The average Bonchev–Trinajstić information content (AvgIpc) is 2.94. The van der Waals surface area contributed by atoms with Crippen molar-refractivity contribution in [2.75, 3.05) is 32.3 Å². The van der Waals surface area contributed by atoms with Gasteiger partial charge >= 0.3 is 0 Å². The maximum absolute atomic E-state index is 9.08. The number of rotatable bonds is 4. The van der Waals surface area contributed by atoms with E-state index < -0.39 is 10.1 Å². The molecule has 0 amide bonds. The number of nitrogens with zero attached hydrogens (tertiary/aromatic N) is 2. The molecule has 4 aromatic carbocycles. The maximum atomic E-state index is 9.08. The average molecular weight is 551 g/mol. The molecule has 5 rings (SSSR count). The molecule has 0 heterocycles. The zero-order valence-electron chi connectivity index (χ0n) is 23.5. The van der Waals surface area contributed by atoms with Crippen LogP contribution < -0.4 is 4.90 Å². The second kappa shape index (κ2) is 12.3. The molecule has 0 aromatic heterocycles. The molecule has 0 spiro atoms. The first-order valence-electron chi connectivity index (χ1n) is 13.0. The molecule has 1 aliphatic carbocycles. The van der Waals surface area contributed by atoms with Crippen molar-refractivity contribution in [1.82, 2.24) is 0 Å². The van der Waals surface area contributed by atoms with Gasteiger partial charge in [0.05, 0.1) is 15.7 Å². The minimum Gasteiger partial charge on any atom is -0.748 e. The smallest absolute Gasteiger partial charge is 0.214 e. The largest absolute Gasteiger partial charge is 0.748 e. The highest BCUT2D eigenvalue weighted by Crippen LogP contribution is 2.38. The molecule has 6 heteroatoms. The van der Waals surface area contributed by atoms with Crippen molar-refractivity contribution in [2.24, 2.45) is 0 Å². The lowest BCUT2D eigenvalue weighted by Gasteiger charge is -2.21. The number of hydrogen-bond donors (Lipinski definition) is 0. The van der Waals surface area contributed by atoms with Crippen LogP contribution in [0.2, 0.25) is 0 Å². The van der Waals surface area contributed by atoms with E-state index in [0.717, 1.165) is 5.69 Å². The molecule has 0 bridgehead atoms. The monoisotopic (exact) mass is 550 g/mol. The van der Waals surface area contributed by atoms with E-state index in [1.165, 1.54) is 50.4 Å². The van der Waals surface area contributed by atoms with Crippen molar-refractivity contribution < 1.29 is 17.5 Å². The Kier molecular flexibility index (Phi) is 8.83. The summed E-state index contributed by atoms with van der Waals surface area (Å²) in [6.07, 6.45) is 5.09. The molecule has 0 radical (unpaired) electrons. The Hall–Kier alpha value is -4.26. The van der Waals surface area contributed by atoms with E-state index in [4.69, 9.17) is 13.0 Å². The summed E-state index contributed by atoms with van der Waals surface area (Å²) in [7, 11) is 2.40. The van der Waals surface area contributed by atoms with Crippen LogP contribution in [0.3, 0.4) is 0 Å². The van der Waals surface area contributed by atoms with E-state index in [0.29, 0.717) is 6.26 Å². The molecule has 0 saturated heterocycles. The molecule has 0 atom stereocenters. The van der Waals surface area contributed by atoms with Crippen molar-refractivity contribution >= 4 is 44.4 Å². The lowest BCUT2D eigenvalue weighted by Crippen LogP contribution is -2.18. The van der Waals surface area contributed by atoms with Gasteiger partial charge < -0.3 is 9.45 Å². The first kappa shape index (κ1) is 28.7. The quantitative estimate of drug-likeness (QED) is 0.212. The van der Waals surface area contributed by atoms with Crippen LogP contribution in [0.5, 0.6) is 0 Å². The molecule has 1 aliphatic rings. The Morgan fingerprint density at radius 3 is 1.85 bits per heavy atom. The second-order valence-corrected chi connectivity index (χ2v) is 11.4. The number of aryl methyl sites for hydroxylation is 1. The first-order valence-corrected chi connectivity index (χ1v) is 14.8. The number of fused-ring (bicyclic) bond motifs is 1. The molecule has 4 aromatic rings. The SMILES string of the molecule is CS(=O)(=O)[O-].Cc1ccc(C(=C2C(=[N+](C)c3ccccc3)C=Cc3ccccc32)c2ccc(N(C)C)cc2)cc1. The van der Waals surface area contributed by atoms with Gasteiger partial charge in [0.15, 0.2) is 0 Å². The lowest BCUT2D eigenvalue weighted by molar-refractivity contribution is -0.402. The molecular formula is C34H34N2O3S. The van der Waals surface area contributed by atoms with Crippen LogP contribution in [0, 0.1) is 6.92 Å². The van der Waals surface area contributed by atoms with Crippen LogP contribution in [-0.2, 0) is 10.1 Å². The van der Waals surface area contributed by atoms with E-state index in [1.54, 1.807) is 0 Å². The first-order chi connectivity index (χ1) is 19.0. The van der Waals surface area contributed by atoms with Gasteiger partial charge in [-0.15, -0.1) is 0 Å². The van der Waals surface area contributed by atoms with Crippen molar-refractivity contribution in [3.05, 3.63) is 137 Å². The van der Waals surface area contributed by atoms with E-state index in [-0.39, 0.29) is 0 Å². The minimum atomic E-state index is -3.92. The summed E-state index contributed by atoms with van der Waals surface area (Å²) >= 11 is 0. The summed E-state index contributed by atoms with van der Waals surface area (Å²) in [5.74, 6) is 0. The molecule has 0 fully saturated rings. The van der Waals surface area contributed by atoms with Gasteiger partial charge in [-0.2, -0.15) is 4.58 Å². The van der Waals surface area contributed by atoms with E-state index in [2.05, 4.69) is 153 Å². The molecule has 204 valence electrons. The van der Waals surface area contributed by atoms with E-state index >= 15 is 0 Å². The highest BCUT2D eigenvalue weighted by molar-refractivity contribution is 7.84. The van der Waals surface area contributed by atoms with Crippen molar-refractivity contribution in [3.8, 4) is 0 Å². The van der Waals surface area contributed by atoms with E-state index in [9.17, 15) is 0 Å². The third-order valence-electron chi connectivity index (χ3n) is 6.67. The third kappa shape index (κ3) is 7.03. The molecule has 0 aliphatic heterocycles. The summed E-state index contributed by atoms with van der Waals surface area (Å²) in [5, 5.41) is 0. The Morgan fingerprint density at radius 2 is 1.27 bits per heavy atom. The van der Waals surface area contributed by atoms with Crippen LogP contribution in [0.25, 0.3) is 17.2 Å². The van der Waals surface area contributed by atoms with Gasteiger partial charge in [-0.3, -0.25) is 0 Å². The summed E-state index contributed by atoms with van der Waals surface area (Å²) in [4.78, 5) is 2.14. The number of para-hydroxylation sites is 1. The summed E-state index contributed by atoms with van der Waals surface area (Å²) in [5.41, 5.74) is 12.2. The highest BCUT2D eigenvalue weighted by atomic mass is 32.2. The van der Waals surface area contributed by atoms with Crippen molar-refractivity contribution in [3.63, 3.8) is 0 Å². The van der Waals surface area contributed by atoms with Crippen molar-refractivity contribution in [2.45, 2.75) is 6.92 Å². The molecule has 5 nitrogen and oxygen atoms in total. The Balaban J connectivity index is 0.000000681. The van der Waals surface area contributed by atoms with Gasteiger partial charge in [-0.1, -0.05) is 84.4 Å². The Labute approximate surface area is 237 Å². The van der Waals surface area contributed by atoms with E-state index in [1.807, 2.05) is 0 Å². The Bertz CT molecular complexity index is 1670. The zero-order valence-corrected chi connectivity index (χ0v) is 24.3. The Morgan fingerprint density at radius 1 is 0.750 bits per heavy atom. The molecule has 0 saturated carbocycles. The molecule has 0 unspecified atom stereocenters. The van der Waals surface area contributed by atoms with Gasteiger partial charge in [-0.25, -0.2) is 8.42 Å². The third-order valence-corrected chi connectivity index (χ3v) is 6.67. The van der Waals surface area contributed by atoms with Gasteiger partial charge in [0.1, 0.15) is 7.05 Å². The molecule has 40 heavy (non-hydrogen) atoms. The van der Waals surface area contributed by atoms with Gasteiger partial charge in [0, 0.05) is 49.8 Å². The lowest BCUT2D eigenvalue weighted by atomic mass is 9.82. The predicted octanol–water partition coefficient (Wildman–Crippen LogP) is 6.62.